The van der Waals surface area contributed by atoms with E-state index < -0.39 is 29.7 Å². The van der Waals surface area contributed by atoms with Gasteiger partial charge in [0.25, 0.3) is 5.91 Å². The fraction of sp³-hybridized carbons (Fsp3) is 0.559. The van der Waals surface area contributed by atoms with Gasteiger partial charge >= 0.3 is 12.0 Å². The Labute approximate surface area is 260 Å². The predicted molar refractivity (Wildman–Crippen MR) is 169 cm³/mol. The second-order valence-electron chi connectivity index (χ2n) is 12.0. The molecule has 4 atom stereocenters. The summed E-state index contributed by atoms with van der Waals surface area (Å²) in [6.07, 6.45) is 1.53. The molecule has 1 aliphatic heterocycles. The molecule has 1 aliphatic carbocycles. The molecule has 3 amide bonds. The highest BCUT2D eigenvalue weighted by atomic mass is 16.7. The first-order valence-electron chi connectivity index (χ1n) is 15.7. The van der Waals surface area contributed by atoms with Crippen molar-refractivity contribution in [3.63, 3.8) is 0 Å². The van der Waals surface area contributed by atoms with Gasteiger partial charge < -0.3 is 34.5 Å². The van der Waals surface area contributed by atoms with Crippen LogP contribution in [0.25, 0.3) is 0 Å². The lowest BCUT2D eigenvalue weighted by Crippen LogP contribution is -2.56. The number of carbonyl (C=O) groups is 3. The van der Waals surface area contributed by atoms with Gasteiger partial charge in [-0.05, 0) is 62.6 Å². The summed E-state index contributed by atoms with van der Waals surface area (Å²) in [5.74, 6) is 0.581. The number of hydrogen-bond donors (Lipinski definition) is 2. The molecule has 2 aliphatic rings. The number of amides is 3. The number of hydrogen-bond acceptors (Lipinski definition) is 7. The summed E-state index contributed by atoms with van der Waals surface area (Å²) < 4.78 is 23.0. The van der Waals surface area contributed by atoms with Crippen molar-refractivity contribution in [3.8, 4) is 5.75 Å². The van der Waals surface area contributed by atoms with Crippen molar-refractivity contribution in [3.05, 3.63) is 54.1 Å². The molecule has 1 fully saturated rings. The third kappa shape index (κ3) is 7.53. The maximum absolute atomic E-state index is 14.5. The second-order valence-corrected chi connectivity index (χ2v) is 12.0. The number of rotatable bonds is 13. The van der Waals surface area contributed by atoms with Crippen LogP contribution in [-0.2, 0) is 29.3 Å². The highest BCUT2D eigenvalue weighted by Crippen LogP contribution is 2.44. The van der Waals surface area contributed by atoms with Gasteiger partial charge in [-0.1, -0.05) is 51.5 Å². The number of methoxy groups -OCH3 is 1. The molecule has 44 heavy (non-hydrogen) atoms. The SMILES string of the molecule is CCOC(CN1C(=O)C(CC(=O)OC2CC(C)CCC2C(C)C)(NC(=O)Nc2cccc(OC)c2)c2ccccc21)OCC. The first-order chi connectivity index (χ1) is 21.1. The fourth-order valence-electron chi connectivity index (χ4n) is 6.45. The minimum absolute atomic E-state index is 0.0864. The molecule has 2 N–H and O–H groups in total. The maximum atomic E-state index is 14.5. The van der Waals surface area contributed by atoms with Crippen LogP contribution in [0.4, 0.5) is 16.2 Å². The average molecular weight is 610 g/mol. The van der Waals surface area contributed by atoms with Crippen LogP contribution in [0.2, 0.25) is 0 Å². The Hall–Kier alpha value is -3.63. The molecular formula is C34H47N3O7. The number of carbonyl (C=O) groups excluding carboxylic acids is 3. The van der Waals surface area contributed by atoms with Crippen molar-refractivity contribution >= 4 is 29.3 Å². The van der Waals surface area contributed by atoms with Crippen LogP contribution in [-0.4, -0.2) is 57.2 Å². The summed E-state index contributed by atoms with van der Waals surface area (Å²) in [5, 5.41) is 5.69. The highest BCUT2D eigenvalue weighted by Gasteiger charge is 2.54. The molecule has 0 aromatic heterocycles. The molecule has 0 saturated heterocycles. The van der Waals surface area contributed by atoms with E-state index in [1.807, 2.05) is 19.9 Å². The highest BCUT2D eigenvalue weighted by molar-refractivity contribution is 6.11. The van der Waals surface area contributed by atoms with Crippen LogP contribution in [0, 0.1) is 17.8 Å². The number of urea groups is 1. The van der Waals surface area contributed by atoms with Gasteiger partial charge in [-0.25, -0.2) is 4.79 Å². The number of nitrogens with one attached hydrogen (secondary N) is 2. The molecular weight excluding hydrogens is 562 g/mol. The summed E-state index contributed by atoms with van der Waals surface area (Å²) in [6, 6.07) is 13.4. The van der Waals surface area contributed by atoms with Gasteiger partial charge in [0.2, 0.25) is 0 Å². The number of benzene rings is 2. The zero-order chi connectivity index (χ0) is 31.9. The second kappa shape index (κ2) is 14.9. The molecule has 240 valence electrons. The van der Waals surface area contributed by atoms with Crippen LogP contribution in [0.1, 0.15) is 65.9 Å². The third-order valence-electron chi connectivity index (χ3n) is 8.61. The number of esters is 1. The van der Waals surface area contributed by atoms with E-state index in [0.717, 1.165) is 19.3 Å². The number of para-hydroxylation sites is 1. The maximum Gasteiger partial charge on any atom is 0.320 e. The fourth-order valence-corrected chi connectivity index (χ4v) is 6.45. The molecule has 0 spiro atoms. The van der Waals surface area contributed by atoms with Crippen molar-refractivity contribution in [2.45, 2.75) is 78.2 Å². The molecule has 1 heterocycles. The van der Waals surface area contributed by atoms with Crippen LogP contribution < -0.4 is 20.3 Å². The summed E-state index contributed by atoms with van der Waals surface area (Å²) in [6.45, 7) is 11.0. The van der Waals surface area contributed by atoms with Crippen LogP contribution >= 0.6 is 0 Å². The van der Waals surface area contributed by atoms with Gasteiger partial charge in [0.15, 0.2) is 11.8 Å². The standard InChI is InChI=1S/C34H47N3O7/c1-7-42-31(43-8-2)21-37-28-15-10-9-14-27(28)34(32(37)39,36-33(40)35-24-12-11-13-25(19-24)41-6)20-30(38)44-29-18-23(5)16-17-26(29)22(3)4/h9-15,19,22-23,26,29,31H,7-8,16-18,20-21H2,1-6H3,(H2,35,36,40). The van der Waals surface area contributed by atoms with Crippen molar-refractivity contribution in [1.82, 2.24) is 5.32 Å². The predicted octanol–water partition coefficient (Wildman–Crippen LogP) is 5.85. The van der Waals surface area contributed by atoms with Crippen LogP contribution in [0.3, 0.4) is 0 Å². The lowest BCUT2D eigenvalue weighted by molar-refractivity contribution is -0.159. The third-order valence-corrected chi connectivity index (χ3v) is 8.61. The van der Waals surface area contributed by atoms with Crippen LogP contribution in [0.15, 0.2) is 48.5 Å². The average Bonchev–Trinajstić information content (AvgIpc) is 3.19. The Morgan fingerprint density at radius 3 is 2.45 bits per heavy atom. The largest absolute Gasteiger partial charge is 0.497 e. The van der Waals surface area contributed by atoms with E-state index in [4.69, 9.17) is 18.9 Å². The minimum atomic E-state index is -1.72. The lowest BCUT2D eigenvalue weighted by Gasteiger charge is -2.37. The molecule has 2 aromatic rings. The number of fused-ring (bicyclic) bond motifs is 1. The molecule has 1 saturated carbocycles. The summed E-state index contributed by atoms with van der Waals surface area (Å²) >= 11 is 0. The summed E-state index contributed by atoms with van der Waals surface area (Å²) in [5.41, 5.74) is -0.165. The molecule has 0 bridgehead atoms. The van der Waals surface area contributed by atoms with E-state index in [9.17, 15) is 14.4 Å². The van der Waals surface area contributed by atoms with Gasteiger partial charge in [-0.15, -0.1) is 0 Å². The zero-order valence-corrected chi connectivity index (χ0v) is 26.8. The number of nitrogens with zero attached hydrogens (tertiary/aromatic N) is 1. The minimum Gasteiger partial charge on any atom is -0.497 e. The topological polar surface area (TPSA) is 115 Å². The van der Waals surface area contributed by atoms with Crippen LogP contribution in [0.5, 0.6) is 5.75 Å². The zero-order valence-electron chi connectivity index (χ0n) is 26.8. The van der Waals surface area contributed by atoms with E-state index in [1.54, 1.807) is 42.5 Å². The van der Waals surface area contributed by atoms with Crippen molar-refractivity contribution in [1.29, 1.82) is 0 Å². The Bertz CT molecular complexity index is 1300. The van der Waals surface area contributed by atoms with Crippen molar-refractivity contribution < 1.29 is 33.3 Å². The quantitative estimate of drug-likeness (QED) is 0.216. The summed E-state index contributed by atoms with van der Waals surface area (Å²) in [7, 11) is 1.54. The van der Waals surface area contributed by atoms with E-state index in [1.165, 1.54) is 12.0 Å². The molecule has 2 aromatic carbocycles. The Morgan fingerprint density at radius 1 is 1.05 bits per heavy atom. The van der Waals surface area contributed by atoms with Gasteiger partial charge in [-0.2, -0.15) is 0 Å². The first-order valence-corrected chi connectivity index (χ1v) is 15.7. The Kier molecular flexibility index (Phi) is 11.3. The Balaban J connectivity index is 1.68. The van der Waals surface area contributed by atoms with E-state index in [-0.39, 0.29) is 25.0 Å². The number of ether oxygens (including phenoxy) is 4. The molecule has 0 radical (unpaired) electrons. The van der Waals surface area contributed by atoms with E-state index in [0.29, 0.717) is 47.7 Å². The van der Waals surface area contributed by atoms with Gasteiger partial charge in [-0.3, -0.25) is 9.59 Å². The van der Waals surface area contributed by atoms with Gasteiger partial charge in [0.1, 0.15) is 11.9 Å². The smallest absolute Gasteiger partial charge is 0.320 e. The molecule has 4 rings (SSSR count). The molecule has 4 unspecified atom stereocenters. The van der Waals surface area contributed by atoms with E-state index in [2.05, 4.69) is 31.4 Å². The van der Waals surface area contributed by atoms with Gasteiger partial charge in [0, 0.05) is 30.5 Å². The first kappa shape index (κ1) is 33.3. The number of anilines is 2. The monoisotopic (exact) mass is 609 g/mol. The molecule has 10 nitrogen and oxygen atoms in total. The Morgan fingerprint density at radius 2 is 1.77 bits per heavy atom. The normalized spacial score (nSPS) is 23.0. The van der Waals surface area contributed by atoms with Crippen molar-refractivity contribution in [2.75, 3.05) is 37.1 Å². The summed E-state index contributed by atoms with van der Waals surface area (Å²) in [4.78, 5) is 43.5. The van der Waals surface area contributed by atoms with Gasteiger partial charge in [0.05, 0.1) is 25.8 Å². The molecule has 10 heteroatoms. The van der Waals surface area contributed by atoms with Crippen molar-refractivity contribution in [2.24, 2.45) is 17.8 Å². The van der Waals surface area contributed by atoms with E-state index >= 15 is 0 Å². The lowest BCUT2D eigenvalue weighted by atomic mass is 9.75.